The average Bonchev–Trinajstić information content (AvgIpc) is 3.50. The van der Waals surface area contributed by atoms with Crippen LogP contribution < -0.4 is 10.1 Å². The molecule has 2 aromatic carbocycles. The Morgan fingerprint density at radius 2 is 1.86 bits per heavy atom. The van der Waals surface area contributed by atoms with Gasteiger partial charge in [0.1, 0.15) is 5.75 Å². The van der Waals surface area contributed by atoms with E-state index in [1.165, 1.54) is 5.56 Å². The third kappa shape index (κ3) is 5.37. The second kappa shape index (κ2) is 9.12. The number of likely N-dealkylation sites (tertiary alicyclic amines) is 1. The molecule has 0 bridgehead atoms. The number of anilines is 1. The molecule has 1 aliphatic carbocycles. The van der Waals surface area contributed by atoms with E-state index >= 15 is 0 Å². The molecule has 1 saturated carbocycles. The molecule has 29 heavy (non-hydrogen) atoms. The van der Waals surface area contributed by atoms with Crippen LogP contribution in [-0.4, -0.2) is 35.9 Å². The summed E-state index contributed by atoms with van der Waals surface area (Å²) in [7, 11) is 0. The van der Waals surface area contributed by atoms with E-state index in [2.05, 4.69) is 29.6 Å². The Morgan fingerprint density at radius 1 is 1.03 bits per heavy atom. The average molecular weight is 392 g/mol. The van der Waals surface area contributed by atoms with Gasteiger partial charge >= 0.3 is 0 Å². The Labute approximate surface area is 172 Å². The van der Waals surface area contributed by atoms with Crippen LogP contribution in [0, 0.1) is 5.92 Å². The van der Waals surface area contributed by atoms with Crippen LogP contribution in [0.2, 0.25) is 0 Å². The SMILES string of the molecule is O=C(Nc1cccc(OCC(=O)N2CCCC2CCc2ccccc2)c1)C1CC1. The minimum absolute atomic E-state index is 0.0296. The molecule has 1 heterocycles. The van der Waals surface area contributed by atoms with Crippen LogP contribution in [0.1, 0.15) is 37.7 Å². The predicted octanol–water partition coefficient (Wildman–Crippen LogP) is 4.04. The van der Waals surface area contributed by atoms with E-state index < -0.39 is 0 Å². The molecule has 2 amide bonds. The lowest BCUT2D eigenvalue weighted by molar-refractivity contribution is -0.134. The van der Waals surface area contributed by atoms with Crippen molar-refractivity contribution >= 4 is 17.5 Å². The summed E-state index contributed by atoms with van der Waals surface area (Å²) in [5.74, 6) is 0.862. The monoisotopic (exact) mass is 392 g/mol. The van der Waals surface area contributed by atoms with Crippen LogP contribution in [0.25, 0.3) is 0 Å². The zero-order chi connectivity index (χ0) is 20.1. The summed E-state index contributed by atoms with van der Waals surface area (Å²) >= 11 is 0. The van der Waals surface area contributed by atoms with Gasteiger partial charge < -0.3 is 15.0 Å². The van der Waals surface area contributed by atoms with Crippen molar-refractivity contribution in [3.63, 3.8) is 0 Å². The van der Waals surface area contributed by atoms with Crippen molar-refractivity contribution in [2.45, 2.75) is 44.6 Å². The van der Waals surface area contributed by atoms with Gasteiger partial charge in [0.2, 0.25) is 5.91 Å². The number of aryl methyl sites for hydroxylation is 1. The lowest BCUT2D eigenvalue weighted by atomic mass is 10.0. The fourth-order valence-corrected chi connectivity index (χ4v) is 3.92. The highest BCUT2D eigenvalue weighted by Crippen LogP contribution is 2.30. The third-order valence-electron chi connectivity index (χ3n) is 5.72. The summed E-state index contributed by atoms with van der Waals surface area (Å²) in [5.41, 5.74) is 2.03. The van der Waals surface area contributed by atoms with E-state index in [9.17, 15) is 9.59 Å². The van der Waals surface area contributed by atoms with Gasteiger partial charge in [0, 0.05) is 30.3 Å². The second-order valence-electron chi connectivity index (χ2n) is 7.99. The Bertz CT molecular complexity index is 848. The van der Waals surface area contributed by atoms with Crippen molar-refractivity contribution in [3.05, 3.63) is 60.2 Å². The zero-order valence-electron chi connectivity index (χ0n) is 16.7. The van der Waals surface area contributed by atoms with Crippen LogP contribution >= 0.6 is 0 Å². The van der Waals surface area contributed by atoms with E-state index in [1.54, 1.807) is 6.07 Å². The maximum atomic E-state index is 12.7. The van der Waals surface area contributed by atoms with Gasteiger partial charge in [-0.05, 0) is 56.2 Å². The van der Waals surface area contributed by atoms with Crippen molar-refractivity contribution in [2.75, 3.05) is 18.5 Å². The molecule has 5 nitrogen and oxygen atoms in total. The number of hydrogen-bond acceptors (Lipinski definition) is 3. The quantitative estimate of drug-likeness (QED) is 0.738. The lowest BCUT2D eigenvalue weighted by Gasteiger charge is -2.25. The molecule has 1 atom stereocenters. The van der Waals surface area contributed by atoms with Gasteiger partial charge in [0.15, 0.2) is 6.61 Å². The molecule has 2 fully saturated rings. The smallest absolute Gasteiger partial charge is 0.260 e. The van der Waals surface area contributed by atoms with E-state index in [4.69, 9.17) is 4.74 Å². The van der Waals surface area contributed by atoms with Crippen LogP contribution in [0.5, 0.6) is 5.75 Å². The van der Waals surface area contributed by atoms with Gasteiger partial charge in [-0.3, -0.25) is 9.59 Å². The number of ether oxygens (including phenoxy) is 1. The number of carbonyl (C=O) groups excluding carboxylic acids is 2. The summed E-state index contributed by atoms with van der Waals surface area (Å²) < 4.78 is 5.75. The highest BCUT2D eigenvalue weighted by Gasteiger charge is 2.30. The predicted molar refractivity (Wildman–Crippen MR) is 113 cm³/mol. The summed E-state index contributed by atoms with van der Waals surface area (Å²) in [6, 6.07) is 18.0. The van der Waals surface area contributed by atoms with Gasteiger partial charge in [-0.1, -0.05) is 36.4 Å². The number of rotatable bonds is 8. The largest absolute Gasteiger partial charge is 0.484 e. The maximum absolute atomic E-state index is 12.7. The van der Waals surface area contributed by atoms with Crippen molar-refractivity contribution in [1.29, 1.82) is 0 Å². The second-order valence-corrected chi connectivity index (χ2v) is 7.99. The van der Waals surface area contributed by atoms with Gasteiger partial charge in [0.05, 0.1) is 0 Å². The number of carbonyl (C=O) groups is 2. The topological polar surface area (TPSA) is 58.6 Å². The molecule has 0 radical (unpaired) electrons. The molecule has 1 N–H and O–H groups in total. The molecule has 2 aromatic rings. The first-order valence-electron chi connectivity index (χ1n) is 10.6. The molecule has 0 spiro atoms. The lowest BCUT2D eigenvalue weighted by Crippen LogP contribution is -2.38. The van der Waals surface area contributed by atoms with Crippen molar-refractivity contribution < 1.29 is 14.3 Å². The Kier molecular flexibility index (Phi) is 6.13. The normalized spacial score (nSPS) is 18.5. The summed E-state index contributed by atoms with van der Waals surface area (Å²) in [4.78, 5) is 26.6. The summed E-state index contributed by atoms with van der Waals surface area (Å²) in [6.07, 6.45) is 6.02. The first kappa shape index (κ1) is 19.5. The molecule has 2 aliphatic rings. The van der Waals surface area contributed by atoms with Crippen molar-refractivity contribution in [3.8, 4) is 5.75 Å². The standard InChI is InChI=1S/C24H28N2O3/c27-23(26-15-5-9-21(26)14-11-18-6-2-1-3-7-18)17-29-22-10-4-8-20(16-22)25-24(28)19-12-13-19/h1-4,6-8,10,16,19,21H,5,9,11-15,17H2,(H,25,28). The highest BCUT2D eigenvalue weighted by atomic mass is 16.5. The third-order valence-corrected chi connectivity index (χ3v) is 5.72. The minimum atomic E-state index is 0.0296. The fraction of sp³-hybridized carbons (Fsp3) is 0.417. The fourth-order valence-electron chi connectivity index (χ4n) is 3.92. The molecule has 1 saturated heterocycles. The number of hydrogen-bond donors (Lipinski definition) is 1. The minimum Gasteiger partial charge on any atom is -0.484 e. The first-order chi connectivity index (χ1) is 14.2. The van der Waals surface area contributed by atoms with Crippen LogP contribution in [0.3, 0.4) is 0 Å². The first-order valence-corrected chi connectivity index (χ1v) is 10.6. The highest BCUT2D eigenvalue weighted by molar-refractivity contribution is 5.94. The summed E-state index contributed by atoms with van der Waals surface area (Å²) in [6.45, 7) is 0.834. The molecule has 4 rings (SSSR count). The van der Waals surface area contributed by atoms with E-state index in [-0.39, 0.29) is 30.4 Å². The molecular formula is C24H28N2O3. The van der Waals surface area contributed by atoms with Crippen molar-refractivity contribution in [1.82, 2.24) is 4.90 Å². The van der Waals surface area contributed by atoms with E-state index in [0.29, 0.717) is 11.4 Å². The Hall–Kier alpha value is -2.82. The van der Waals surface area contributed by atoms with Gasteiger partial charge in [-0.25, -0.2) is 0 Å². The Morgan fingerprint density at radius 3 is 2.66 bits per heavy atom. The van der Waals surface area contributed by atoms with Gasteiger partial charge in [-0.15, -0.1) is 0 Å². The van der Waals surface area contributed by atoms with Crippen molar-refractivity contribution in [2.24, 2.45) is 5.92 Å². The molecular weight excluding hydrogens is 364 g/mol. The molecule has 5 heteroatoms. The van der Waals surface area contributed by atoms with Crippen LogP contribution in [0.4, 0.5) is 5.69 Å². The van der Waals surface area contributed by atoms with E-state index in [0.717, 1.165) is 45.1 Å². The number of benzene rings is 2. The number of amides is 2. The van der Waals surface area contributed by atoms with Crippen LogP contribution in [0.15, 0.2) is 54.6 Å². The number of nitrogens with one attached hydrogen (secondary N) is 1. The molecule has 1 unspecified atom stereocenters. The molecule has 1 aliphatic heterocycles. The summed E-state index contributed by atoms with van der Waals surface area (Å²) in [5, 5.41) is 2.91. The Balaban J connectivity index is 1.27. The molecule has 152 valence electrons. The van der Waals surface area contributed by atoms with Gasteiger partial charge in [-0.2, -0.15) is 0 Å². The maximum Gasteiger partial charge on any atom is 0.260 e. The van der Waals surface area contributed by atoms with Gasteiger partial charge in [0.25, 0.3) is 5.91 Å². The molecule has 0 aromatic heterocycles. The zero-order valence-corrected chi connectivity index (χ0v) is 16.7. The number of nitrogens with zero attached hydrogens (tertiary/aromatic N) is 1. The van der Waals surface area contributed by atoms with E-state index in [1.807, 2.05) is 29.2 Å². The van der Waals surface area contributed by atoms with Crippen LogP contribution in [-0.2, 0) is 16.0 Å².